The summed E-state index contributed by atoms with van der Waals surface area (Å²) in [6.07, 6.45) is 2.60. The van der Waals surface area contributed by atoms with Crippen LogP contribution in [0.15, 0.2) is 0 Å². The molecule has 3 unspecified atom stereocenters. The number of thioether (sulfide) groups is 1. The molecule has 0 aromatic rings. The molecule has 76 valence electrons. The number of piperidine rings is 1. The zero-order valence-corrected chi connectivity index (χ0v) is 9.22. The fourth-order valence-corrected chi connectivity index (χ4v) is 3.81. The Balaban J connectivity index is 1.90. The average Bonchev–Trinajstić information content (AvgIpc) is 2.53. The first kappa shape index (κ1) is 9.81. The summed E-state index contributed by atoms with van der Waals surface area (Å²) >= 11 is 2.10. The average molecular weight is 200 g/mol. The number of nitrogens with two attached hydrogens (primary N) is 1. The minimum Gasteiger partial charge on any atom is -0.327 e. The van der Waals surface area contributed by atoms with Gasteiger partial charge in [0.25, 0.3) is 0 Å². The van der Waals surface area contributed by atoms with Gasteiger partial charge in [-0.15, -0.1) is 0 Å². The first-order valence-corrected chi connectivity index (χ1v) is 6.48. The minimum absolute atomic E-state index is 0.425. The van der Waals surface area contributed by atoms with Crippen LogP contribution in [-0.2, 0) is 0 Å². The highest BCUT2D eigenvalue weighted by Crippen LogP contribution is 2.26. The van der Waals surface area contributed by atoms with Crippen LogP contribution >= 0.6 is 11.8 Å². The van der Waals surface area contributed by atoms with Crippen molar-refractivity contribution in [2.45, 2.75) is 31.8 Å². The van der Waals surface area contributed by atoms with Crippen molar-refractivity contribution in [3.05, 3.63) is 0 Å². The van der Waals surface area contributed by atoms with Gasteiger partial charge in [0.05, 0.1) is 0 Å². The molecule has 3 atom stereocenters. The van der Waals surface area contributed by atoms with Crippen molar-refractivity contribution in [1.29, 1.82) is 0 Å². The smallest absolute Gasteiger partial charge is 0.0195 e. The van der Waals surface area contributed by atoms with Gasteiger partial charge in [-0.1, -0.05) is 6.92 Å². The normalized spacial score (nSPS) is 42.5. The molecule has 13 heavy (non-hydrogen) atoms. The molecule has 0 amide bonds. The van der Waals surface area contributed by atoms with Gasteiger partial charge in [0.2, 0.25) is 0 Å². The number of hydrogen-bond acceptors (Lipinski definition) is 3. The summed E-state index contributed by atoms with van der Waals surface area (Å²) in [5.74, 6) is 3.49. The zero-order valence-electron chi connectivity index (χ0n) is 8.41. The van der Waals surface area contributed by atoms with Crippen molar-refractivity contribution in [3.63, 3.8) is 0 Å². The van der Waals surface area contributed by atoms with Crippen molar-refractivity contribution in [3.8, 4) is 0 Å². The molecule has 2 nitrogen and oxygen atoms in total. The Morgan fingerprint density at radius 2 is 2.23 bits per heavy atom. The molecule has 2 aliphatic rings. The van der Waals surface area contributed by atoms with Crippen LogP contribution in [0.1, 0.15) is 19.8 Å². The summed E-state index contributed by atoms with van der Waals surface area (Å²) in [4.78, 5) is 2.62. The maximum absolute atomic E-state index is 6.03. The van der Waals surface area contributed by atoms with Crippen LogP contribution in [0, 0.1) is 5.92 Å². The Hall–Kier alpha value is 0.270. The van der Waals surface area contributed by atoms with E-state index in [1.165, 1.54) is 30.9 Å². The Kier molecular flexibility index (Phi) is 3.17. The molecule has 2 rings (SSSR count). The van der Waals surface area contributed by atoms with Gasteiger partial charge >= 0.3 is 0 Å². The first-order valence-electron chi connectivity index (χ1n) is 5.33. The largest absolute Gasteiger partial charge is 0.327 e. The predicted molar refractivity (Wildman–Crippen MR) is 59.1 cm³/mol. The Morgan fingerprint density at radius 3 is 2.85 bits per heavy atom. The van der Waals surface area contributed by atoms with E-state index in [2.05, 4.69) is 23.6 Å². The lowest BCUT2D eigenvalue weighted by atomic mass is 9.95. The second kappa shape index (κ2) is 4.20. The topological polar surface area (TPSA) is 29.3 Å². The van der Waals surface area contributed by atoms with Crippen LogP contribution in [0.3, 0.4) is 0 Å². The van der Waals surface area contributed by atoms with Gasteiger partial charge in [-0.25, -0.2) is 0 Å². The Labute approximate surface area is 85.2 Å². The molecule has 2 N–H and O–H groups in total. The van der Waals surface area contributed by atoms with Crippen LogP contribution < -0.4 is 5.73 Å². The fraction of sp³-hybridized carbons (Fsp3) is 1.00. The number of hydrogen-bond donors (Lipinski definition) is 1. The monoisotopic (exact) mass is 200 g/mol. The molecule has 2 fully saturated rings. The van der Waals surface area contributed by atoms with Crippen LogP contribution in [0.4, 0.5) is 0 Å². The summed E-state index contributed by atoms with van der Waals surface area (Å²) in [7, 11) is 0. The van der Waals surface area contributed by atoms with E-state index in [1.807, 2.05) is 0 Å². The number of nitrogens with zero attached hydrogens (tertiary/aromatic N) is 1. The number of likely N-dealkylation sites (tertiary alicyclic amines) is 1. The molecule has 0 saturated carbocycles. The Morgan fingerprint density at radius 1 is 1.38 bits per heavy atom. The molecule has 2 saturated heterocycles. The van der Waals surface area contributed by atoms with Gasteiger partial charge in [-0.2, -0.15) is 11.8 Å². The van der Waals surface area contributed by atoms with Gasteiger partial charge in [0, 0.05) is 30.9 Å². The SMILES string of the molecule is CC1CC(N)CN(C2CCSC2)C1. The maximum atomic E-state index is 6.03. The van der Waals surface area contributed by atoms with E-state index in [1.54, 1.807) is 0 Å². The van der Waals surface area contributed by atoms with E-state index < -0.39 is 0 Å². The summed E-state index contributed by atoms with van der Waals surface area (Å²) in [6.45, 7) is 4.74. The molecule has 2 heterocycles. The third kappa shape index (κ3) is 2.39. The van der Waals surface area contributed by atoms with Gasteiger partial charge in [0.1, 0.15) is 0 Å². The second-order valence-corrected chi connectivity index (χ2v) is 5.72. The second-order valence-electron chi connectivity index (χ2n) is 4.57. The molecule has 0 aliphatic carbocycles. The minimum atomic E-state index is 0.425. The summed E-state index contributed by atoms with van der Waals surface area (Å²) in [6, 6.07) is 1.26. The van der Waals surface area contributed by atoms with Crippen LogP contribution in [-0.4, -0.2) is 41.6 Å². The molecule has 3 heteroatoms. The standard InChI is InChI=1S/C10H20N2S/c1-8-4-9(11)6-12(5-8)10-2-3-13-7-10/h8-10H,2-7,11H2,1H3. The van der Waals surface area contributed by atoms with Crippen LogP contribution in [0.25, 0.3) is 0 Å². The van der Waals surface area contributed by atoms with Crippen molar-refractivity contribution in [1.82, 2.24) is 4.90 Å². The lowest BCUT2D eigenvalue weighted by Gasteiger charge is -2.38. The number of rotatable bonds is 1. The van der Waals surface area contributed by atoms with Gasteiger partial charge in [0.15, 0.2) is 0 Å². The lowest BCUT2D eigenvalue weighted by molar-refractivity contribution is 0.127. The quantitative estimate of drug-likeness (QED) is 0.689. The highest BCUT2D eigenvalue weighted by molar-refractivity contribution is 7.99. The zero-order chi connectivity index (χ0) is 9.26. The molecule has 0 spiro atoms. The summed E-state index contributed by atoms with van der Waals surface area (Å²) in [5.41, 5.74) is 6.03. The van der Waals surface area contributed by atoms with E-state index in [4.69, 9.17) is 5.73 Å². The van der Waals surface area contributed by atoms with Crippen LogP contribution in [0.2, 0.25) is 0 Å². The molecule has 2 aliphatic heterocycles. The van der Waals surface area contributed by atoms with E-state index in [9.17, 15) is 0 Å². The molecule has 0 aromatic heterocycles. The van der Waals surface area contributed by atoms with Crippen molar-refractivity contribution in [2.75, 3.05) is 24.6 Å². The van der Waals surface area contributed by atoms with E-state index in [-0.39, 0.29) is 0 Å². The van der Waals surface area contributed by atoms with E-state index in [0.29, 0.717) is 6.04 Å². The molecular weight excluding hydrogens is 180 g/mol. The maximum Gasteiger partial charge on any atom is 0.0195 e. The van der Waals surface area contributed by atoms with Crippen molar-refractivity contribution in [2.24, 2.45) is 11.7 Å². The third-order valence-electron chi connectivity index (χ3n) is 3.14. The van der Waals surface area contributed by atoms with Crippen molar-refractivity contribution < 1.29 is 0 Å². The molecule has 0 radical (unpaired) electrons. The predicted octanol–water partition coefficient (Wildman–Crippen LogP) is 1.16. The molecular formula is C10H20N2S. The lowest BCUT2D eigenvalue weighted by Crippen LogP contribution is -2.50. The van der Waals surface area contributed by atoms with Crippen LogP contribution in [0.5, 0.6) is 0 Å². The molecule has 0 bridgehead atoms. The fourth-order valence-electron chi connectivity index (χ4n) is 2.55. The highest BCUT2D eigenvalue weighted by atomic mass is 32.2. The third-order valence-corrected chi connectivity index (χ3v) is 4.29. The first-order chi connectivity index (χ1) is 6.25. The van der Waals surface area contributed by atoms with E-state index in [0.717, 1.165) is 18.5 Å². The summed E-state index contributed by atoms with van der Waals surface area (Å²) in [5, 5.41) is 0. The van der Waals surface area contributed by atoms with Gasteiger partial charge in [-0.05, 0) is 24.5 Å². The highest BCUT2D eigenvalue weighted by Gasteiger charge is 2.29. The van der Waals surface area contributed by atoms with Crippen molar-refractivity contribution >= 4 is 11.8 Å². The molecule has 0 aromatic carbocycles. The van der Waals surface area contributed by atoms with Gasteiger partial charge in [-0.3, -0.25) is 4.90 Å². The summed E-state index contributed by atoms with van der Waals surface area (Å²) < 4.78 is 0. The van der Waals surface area contributed by atoms with E-state index >= 15 is 0 Å². The Bertz CT molecular complexity index is 158. The van der Waals surface area contributed by atoms with Gasteiger partial charge < -0.3 is 5.73 Å².